The molecule has 1 heterocycles. The van der Waals surface area contributed by atoms with E-state index in [0.29, 0.717) is 12.0 Å². The van der Waals surface area contributed by atoms with Gasteiger partial charge in [0.1, 0.15) is 0 Å². The minimum Gasteiger partial charge on any atom is -0.370 e. The van der Waals surface area contributed by atoms with Gasteiger partial charge in [0.15, 0.2) is 11.9 Å². The summed E-state index contributed by atoms with van der Waals surface area (Å²) in [5.41, 5.74) is 9.46. The Morgan fingerprint density at radius 3 is 2.59 bits per heavy atom. The summed E-state index contributed by atoms with van der Waals surface area (Å²) in [6.45, 7) is 5.42. The molecule has 1 amide bonds. The van der Waals surface area contributed by atoms with Crippen molar-refractivity contribution in [2.75, 3.05) is 5.94 Å². The van der Waals surface area contributed by atoms with Crippen molar-refractivity contribution < 1.29 is 17.9 Å². The molecule has 0 spiro atoms. The van der Waals surface area contributed by atoms with E-state index in [1.165, 1.54) is 6.08 Å². The van der Waals surface area contributed by atoms with Gasteiger partial charge in [0.2, 0.25) is 9.84 Å². The smallest absolute Gasteiger partial charge is 0.259 e. The second kappa shape index (κ2) is 5.20. The SMILES string of the molecule is CCC1(C(=O)N=C(N)N)C=CC2=C(C1)C(C)(C)OCS2(=O)=O. The van der Waals surface area contributed by atoms with Crippen LogP contribution in [-0.2, 0) is 19.4 Å². The zero-order chi connectivity index (χ0) is 16.8. The second-order valence-corrected chi connectivity index (χ2v) is 8.00. The molecule has 1 aliphatic heterocycles. The van der Waals surface area contributed by atoms with Crippen LogP contribution in [-0.4, -0.2) is 31.8 Å². The van der Waals surface area contributed by atoms with Crippen LogP contribution in [0.3, 0.4) is 0 Å². The van der Waals surface area contributed by atoms with Gasteiger partial charge < -0.3 is 16.2 Å². The predicted octanol–water partition coefficient (Wildman–Crippen LogP) is 0.578. The first-order chi connectivity index (χ1) is 10.0. The molecule has 0 aromatic rings. The van der Waals surface area contributed by atoms with E-state index in [1.807, 2.05) is 6.92 Å². The molecule has 2 rings (SSSR count). The summed E-state index contributed by atoms with van der Waals surface area (Å²) in [6.07, 6.45) is 3.75. The number of guanidine groups is 1. The number of sulfone groups is 1. The van der Waals surface area contributed by atoms with Gasteiger partial charge >= 0.3 is 0 Å². The molecule has 0 aromatic heterocycles. The van der Waals surface area contributed by atoms with Crippen molar-refractivity contribution in [1.29, 1.82) is 0 Å². The number of hydrogen-bond donors (Lipinski definition) is 2. The highest BCUT2D eigenvalue weighted by Crippen LogP contribution is 2.46. The summed E-state index contributed by atoms with van der Waals surface area (Å²) in [7, 11) is -3.49. The molecule has 8 heteroatoms. The van der Waals surface area contributed by atoms with Crippen molar-refractivity contribution in [2.45, 2.75) is 39.2 Å². The zero-order valence-corrected chi connectivity index (χ0v) is 13.7. The topological polar surface area (TPSA) is 125 Å². The lowest BCUT2D eigenvalue weighted by Crippen LogP contribution is -2.43. The molecule has 0 saturated heterocycles. The number of rotatable bonds is 2. The van der Waals surface area contributed by atoms with Gasteiger partial charge in [0, 0.05) is 0 Å². The van der Waals surface area contributed by atoms with Gasteiger partial charge in [-0.3, -0.25) is 4.79 Å². The fourth-order valence-corrected chi connectivity index (χ4v) is 4.29. The van der Waals surface area contributed by atoms with Gasteiger partial charge in [-0.2, -0.15) is 4.99 Å². The molecule has 1 unspecified atom stereocenters. The molecule has 0 radical (unpaired) electrons. The molecule has 0 aromatic carbocycles. The molecular formula is C14H21N3O4S. The summed E-state index contributed by atoms with van der Waals surface area (Å²) in [5.74, 6) is -1.14. The van der Waals surface area contributed by atoms with Crippen molar-refractivity contribution in [3.8, 4) is 0 Å². The molecule has 4 N–H and O–H groups in total. The Kier molecular flexibility index (Phi) is 3.95. The summed E-state index contributed by atoms with van der Waals surface area (Å²) >= 11 is 0. The van der Waals surface area contributed by atoms with Crippen molar-refractivity contribution >= 4 is 21.7 Å². The van der Waals surface area contributed by atoms with Crippen LogP contribution < -0.4 is 11.5 Å². The first kappa shape index (κ1) is 16.7. The fourth-order valence-electron chi connectivity index (χ4n) is 2.74. The van der Waals surface area contributed by atoms with Crippen molar-refractivity contribution in [3.63, 3.8) is 0 Å². The highest BCUT2D eigenvalue weighted by Gasteiger charge is 2.46. The first-order valence-electron chi connectivity index (χ1n) is 6.98. The predicted molar refractivity (Wildman–Crippen MR) is 83.3 cm³/mol. The molecule has 1 atom stereocenters. The molecular weight excluding hydrogens is 306 g/mol. The molecule has 2 aliphatic rings. The van der Waals surface area contributed by atoms with Crippen LogP contribution in [0, 0.1) is 5.41 Å². The molecule has 0 saturated carbocycles. The van der Waals surface area contributed by atoms with Crippen LogP contribution in [0.2, 0.25) is 0 Å². The number of hydrogen-bond acceptors (Lipinski definition) is 4. The zero-order valence-electron chi connectivity index (χ0n) is 12.9. The van der Waals surface area contributed by atoms with Crippen LogP contribution in [0.4, 0.5) is 0 Å². The van der Waals surface area contributed by atoms with E-state index in [2.05, 4.69) is 4.99 Å². The lowest BCUT2D eigenvalue weighted by atomic mass is 9.72. The third-order valence-corrected chi connectivity index (χ3v) is 5.75. The van der Waals surface area contributed by atoms with E-state index in [0.717, 1.165) is 0 Å². The Morgan fingerprint density at radius 1 is 1.41 bits per heavy atom. The number of carbonyl (C=O) groups excluding carboxylic acids is 1. The fraction of sp³-hybridized carbons (Fsp3) is 0.571. The summed E-state index contributed by atoms with van der Waals surface area (Å²) in [5, 5.41) is 0. The van der Waals surface area contributed by atoms with Crippen molar-refractivity contribution in [3.05, 3.63) is 22.6 Å². The summed E-state index contributed by atoms with van der Waals surface area (Å²) < 4.78 is 29.8. The third kappa shape index (κ3) is 2.68. The molecule has 7 nitrogen and oxygen atoms in total. The minimum atomic E-state index is -3.49. The summed E-state index contributed by atoms with van der Waals surface area (Å²) in [6, 6.07) is 0. The van der Waals surface area contributed by atoms with Crippen LogP contribution in [0.15, 0.2) is 27.6 Å². The van der Waals surface area contributed by atoms with Crippen LogP contribution in [0.5, 0.6) is 0 Å². The minimum absolute atomic E-state index is 0.219. The molecule has 0 fully saturated rings. The maximum atomic E-state index is 12.4. The van der Waals surface area contributed by atoms with Gasteiger partial charge in [0.05, 0.1) is 15.9 Å². The van der Waals surface area contributed by atoms with E-state index in [4.69, 9.17) is 16.2 Å². The van der Waals surface area contributed by atoms with Gasteiger partial charge in [0.25, 0.3) is 5.91 Å². The Balaban J connectivity index is 2.54. The normalized spacial score (nSPS) is 28.9. The van der Waals surface area contributed by atoms with Crippen molar-refractivity contribution in [2.24, 2.45) is 21.9 Å². The average Bonchev–Trinajstić information content (AvgIpc) is 2.43. The monoisotopic (exact) mass is 327 g/mol. The quantitative estimate of drug-likeness (QED) is 0.564. The van der Waals surface area contributed by atoms with Gasteiger partial charge in [-0.15, -0.1) is 0 Å². The maximum Gasteiger partial charge on any atom is 0.259 e. The molecule has 0 bridgehead atoms. The van der Waals surface area contributed by atoms with Gasteiger partial charge in [-0.1, -0.05) is 13.0 Å². The maximum absolute atomic E-state index is 12.4. The Morgan fingerprint density at radius 2 is 2.05 bits per heavy atom. The van der Waals surface area contributed by atoms with E-state index in [-0.39, 0.29) is 23.2 Å². The molecule has 1 aliphatic carbocycles. The highest BCUT2D eigenvalue weighted by molar-refractivity contribution is 7.95. The van der Waals surface area contributed by atoms with Crippen LogP contribution in [0.1, 0.15) is 33.6 Å². The number of allylic oxidation sites excluding steroid dienone is 1. The number of amides is 1. The number of aliphatic imine (C=N–C) groups is 1. The number of ether oxygens (including phenoxy) is 1. The van der Waals surface area contributed by atoms with E-state index in [1.54, 1.807) is 19.9 Å². The van der Waals surface area contributed by atoms with Gasteiger partial charge in [-0.05, 0) is 38.3 Å². The highest BCUT2D eigenvalue weighted by atomic mass is 32.2. The van der Waals surface area contributed by atoms with Gasteiger partial charge in [-0.25, -0.2) is 8.42 Å². The van der Waals surface area contributed by atoms with Crippen LogP contribution in [0.25, 0.3) is 0 Å². The largest absolute Gasteiger partial charge is 0.370 e. The van der Waals surface area contributed by atoms with Crippen LogP contribution >= 0.6 is 0 Å². The first-order valence-corrected chi connectivity index (χ1v) is 8.63. The van der Waals surface area contributed by atoms with E-state index in [9.17, 15) is 13.2 Å². The Labute approximate surface area is 130 Å². The number of carbonyl (C=O) groups is 1. The summed E-state index contributed by atoms with van der Waals surface area (Å²) in [4.78, 5) is 16.3. The van der Waals surface area contributed by atoms with Crippen molar-refractivity contribution in [1.82, 2.24) is 0 Å². The number of nitrogens with two attached hydrogens (primary N) is 2. The third-order valence-electron chi connectivity index (χ3n) is 4.27. The average molecular weight is 327 g/mol. The molecule has 122 valence electrons. The molecule has 22 heavy (non-hydrogen) atoms. The Hall–Kier alpha value is -1.67. The number of nitrogens with zero attached hydrogens (tertiary/aromatic N) is 1. The van der Waals surface area contributed by atoms with E-state index >= 15 is 0 Å². The lowest BCUT2D eigenvalue weighted by Gasteiger charge is -2.40. The van der Waals surface area contributed by atoms with E-state index < -0.39 is 26.8 Å². The standard InChI is InChI=1S/C14H21N3O4S/c1-4-14(11(18)17-12(15)16)6-5-10-9(7-14)13(2,3)21-8-22(10,19)20/h5-6H,4,7-8H2,1-3H3,(H4,15,16,17,18). The Bertz CT molecular complexity index is 700. The second-order valence-electron chi connectivity index (χ2n) is 6.09. The lowest BCUT2D eigenvalue weighted by molar-refractivity contribution is -0.125.